The number of thiazole rings is 1. The molecule has 186 valence electrons. The van der Waals surface area contributed by atoms with Crippen LogP contribution in [-0.2, 0) is 14.8 Å². The van der Waals surface area contributed by atoms with E-state index in [1.807, 2.05) is 69.5 Å². The van der Waals surface area contributed by atoms with Crippen LogP contribution in [0.3, 0.4) is 0 Å². The molecule has 0 radical (unpaired) electrons. The number of hydrogen-bond acceptors (Lipinski definition) is 5. The minimum Gasteiger partial charge on any atom is -0.325 e. The van der Waals surface area contributed by atoms with Gasteiger partial charge in [0.1, 0.15) is 0 Å². The standard InChI is InChI=1S/C27H33N3O3S2/c1-18-13-19(2)27(20(3)14-18)35(32,33)30(24-11-6-5-7-12-24)16-26(31)29-23-10-8-9-22(15-23)25-17-34-21(4)28-25/h8-10,13-15,17,24H,5-7,11-12,16H2,1-4H3,(H,29,31). The van der Waals surface area contributed by atoms with Crippen LogP contribution in [0.1, 0.15) is 53.8 Å². The van der Waals surface area contributed by atoms with Crippen molar-refractivity contribution in [1.29, 1.82) is 0 Å². The van der Waals surface area contributed by atoms with Gasteiger partial charge in [0.2, 0.25) is 15.9 Å². The van der Waals surface area contributed by atoms with Crippen LogP contribution in [0.5, 0.6) is 0 Å². The van der Waals surface area contributed by atoms with Crippen LogP contribution in [0, 0.1) is 27.7 Å². The maximum atomic E-state index is 14.0. The van der Waals surface area contributed by atoms with E-state index in [4.69, 9.17) is 0 Å². The molecule has 0 unspecified atom stereocenters. The SMILES string of the molecule is Cc1cc(C)c(S(=O)(=O)N(CC(=O)Nc2cccc(-c3csc(C)n3)c2)C2CCCCC2)c(C)c1. The predicted molar refractivity (Wildman–Crippen MR) is 142 cm³/mol. The molecule has 1 heterocycles. The van der Waals surface area contributed by atoms with Gasteiger partial charge in [-0.15, -0.1) is 11.3 Å². The van der Waals surface area contributed by atoms with Crippen molar-refractivity contribution >= 4 is 33.0 Å². The van der Waals surface area contributed by atoms with Crippen LogP contribution in [0.25, 0.3) is 11.3 Å². The summed E-state index contributed by atoms with van der Waals surface area (Å²) in [6.45, 7) is 7.37. The van der Waals surface area contributed by atoms with Crippen LogP contribution in [0.2, 0.25) is 0 Å². The molecular weight excluding hydrogens is 478 g/mol. The van der Waals surface area contributed by atoms with Crippen molar-refractivity contribution < 1.29 is 13.2 Å². The Morgan fingerprint density at radius 1 is 1.06 bits per heavy atom. The Morgan fingerprint density at radius 2 is 1.74 bits per heavy atom. The lowest BCUT2D eigenvalue weighted by atomic mass is 9.95. The molecule has 1 saturated carbocycles. The average molecular weight is 512 g/mol. The number of hydrogen-bond donors (Lipinski definition) is 1. The van der Waals surface area contributed by atoms with Crippen LogP contribution >= 0.6 is 11.3 Å². The average Bonchev–Trinajstić information content (AvgIpc) is 3.23. The number of nitrogens with zero attached hydrogens (tertiary/aromatic N) is 2. The van der Waals surface area contributed by atoms with Gasteiger partial charge >= 0.3 is 0 Å². The maximum Gasteiger partial charge on any atom is 0.244 e. The smallest absolute Gasteiger partial charge is 0.244 e. The second kappa shape index (κ2) is 10.6. The Morgan fingerprint density at radius 3 is 2.37 bits per heavy atom. The van der Waals surface area contributed by atoms with E-state index in [0.29, 0.717) is 10.6 Å². The number of carbonyl (C=O) groups excluding carboxylic acids is 1. The Bertz CT molecular complexity index is 1300. The van der Waals surface area contributed by atoms with E-state index in [1.54, 1.807) is 11.3 Å². The Kier molecular flexibility index (Phi) is 7.73. The van der Waals surface area contributed by atoms with Gasteiger partial charge in [-0.05, 0) is 63.8 Å². The molecular formula is C27H33N3O3S2. The third-order valence-electron chi connectivity index (χ3n) is 6.51. The van der Waals surface area contributed by atoms with E-state index >= 15 is 0 Å². The number of amides is 1. The van der Waals surface area contributed by atoms with E-state index in [2.05, 4.69) is 10.3 Å². The zero-order chi connectivity index (χ0) is 25.2. The molecule has 3 aromatic rings. The van der Waals surface area contributed by atoms with E-state index in [9.17, 15) is 13.2 Å². The highest BCUT2D eigenvalue weighted by molar-refractivity contribution is 7.89. The Balaban J connectivity index is 1.61. The molecule has 1 aliphatic rings. The summed E-state index contributed by atoms with van der Waals surface area (Å²) >= 11 is 1.58. The van der Waals surface area contributed by atoms with Crippen LogP contribution in [-0.4, -0.2) is 36.2 Å². The number of aromatic nitrogens is 1. The van der Waals surface area contributed by atoms with E-state index < -0.39 is 10.0 Å². The summed E-state index contributed by atoms with van der Waals surface area (Å²) in [6.07, 6.45) is 4.59. The second-order valence-corrected chi connectivity index (χ2v) is 12.3. The topological polar surface area (TPSA) is 79.4 Å². The number of sulfonamides is 1. The number of aryl methyl sites for hydroxylation is 4. The largest absolute Gasteiger partial charge is 0.325 e. The van der Waals surface area contributed by atoms with Crippen LogP contribution < -0.4 is 5.32 Å². The van der Waals surface area contributed by atoms with Gasteiger partial charge in [0, 0.05) is 22.7 Å². The fourth-order valence-corrected chi connectivity index (χ4v) is 7.74. The van der Waals surface area contributed by atoms with Crippen LogP contribution in [0.4, 0.5) is 5.69 Å². The highest BCUT2D eigenvalue weighted by Gasteiger charge is 2.35. The van der Waals surface area contributed by atoms with Gasteiger partial charge in [-0.3, -0.25) is 4.79 Å². The summed E-state index contributed by atoms with van der Waals surface area (Å²) in [4.78, 5) is 18.0. The van der Waals surface area contributed by atoms with E-state index in [0.717, 1.165) is 65.1 Å². The summed E-state index contributed by atoms with van der Waals surface area (Å²) in [7, 11) is -3.85. The quantitative estimate of drug-likeness (QED) is 0.422. The van der Waals surface area contributed by atoms with Crippen molar-refractivity contribution in [2.24, 2.45) is 0 Å². The molecule has 0 bridgehead atoms. The van der Waals surface area contributed by atoms with Crippen molar-refractivity contribution in [3.8, 4) is 11.3 Å². The zero-order valence-corrected chi connectivity index (χ0v) is 22.4. The van der Waals surface area contributed by atoms with Gasteiger partial charge in [0.05, 0.1) is 22.1 Å². The fourth-order valence-electron chi connectivity index (χ4n) is 5.06. The number of anilines is 1. The van der Waals surface area contributed by atoms with Gasteiger partial charge in [-0.2, -0.15) is 4.31 Å². The van der Waals surface area contributed by atoms with Gasteiger partial charge < -0.3 is 5.32 Å². The molecule has 1 aromatic heterocycles. The number of rotatable bonds is 7. The highest BCUT2D eigenvalue weighted by atomic mass is 32.2. The van der Waals surface area contributed by atoms with Crippen molar-refractivity contribution in [3.63, 3.8) is 0 Å². The summed E-state index contributed by atoms with van der Waals surface area (Å²) in [5.74, 6) is -0.340. The van der Waals surface area contributed by atoms with Gasteiger partial charge in [-0.1, -0.05) is 49.1 Å². The molecule has 2 aromatic carbocycles. The number of carbonyl (C=O) groups is 1. The van der Waals surface area contributed by atoms with Crippen molar-refractivity contribution in [2.75, 3.05) is 11.9 Å². The molecule has 0 atom stereocenters. The first-order valence-electron chi connectivity index (χ1n) is 12.1. The Hall–Kier alpha value is -2.55. The molecule has 1 aliphatic carbocycles. The summed E-state index contributed by atoms with van der Waals surface area (Å²) < 4.78 is 29.3. The van der Waals surface area contributed by atoms with Gasteiger partial charge in [0.15, 0.2) is 0 Å². The van der Waals surface area contributed by atoms with Gasteiger partial charge in [-0.25, -0.2) is 13.4 Å². The molecule has 6 nitrogen and oxygen atoms in total. The Labute approximate surface area is 212 Å². The minimum absolute atomic E-state index is 0.177. The lowest BCUT2D eigenvalue weighted by Crippen LogP contribution is -2.46. The van der Waals surface area contributed by atoms with Gasteiger partial charge in [0.25, 0.3) is 0 Å². The molecule has 1 N–H and O–H groups in total. The molecule has 8 heteroatoms. The van der Waals surface area contributed by atoms with E-state index in [-0.39, 0.29) is 18.5 Å². The van der Waals surface area contributed by atoms with Crippen molar-refractivity contribution in [1.82, 2.24) is 9.29 Å². The minimum atomic E-state index is -3.85. The third-order valence-corrected chi connectivity index (χ3v) is 9.49. The highest BCUT2D eigenvalue weighted by Crippen LogP contribution is 2.31. The summed E-state index contributed by atoms with van der Waals surface area (Å²) in [5.41, 5.74) is 4.86. The normalized spacial score (nSPS) is 14.9. The fraction of sp³-hybridized carbons (Fsp3) is 0.407. The zero-order valence-electron chi connectivity index (χ0n) is 20.8. The first kappa shape index (κ1) is 25.5. The molecule has 4 rings (SSSR count). The molecule has 0 aliphatic heterocycles. The molecule has 1 amide bonds. The summed E-state index contributed by atoms with van der Waals surface area (Å²) in [6, 6.07) is 11.1. The van der Waals surface area contributed by atoms with Crippen LogP contribution in [0.15, 0.2) is 46.7 Å². The second-order valence-electron chi connectivity index (χ2n) is 9.45. The third kappa shape index (κ3) is 5.82. The molecule has 0 spiro atoms. The lowest BCUT2D eigenvalue weighted by Gasteiger charge is -2.33. The van der Waals surface area contributed by atoms with Crippen molar-refractivity contribution in [2.45, 2.75) is 70.7 Å². The molecule has 1 fully saturated rings. The van der Waals surface area contributed by atoms with E-state index in [1.165, 1.54) is 4.31 Å². The lowest BCUT2D eigenvalue weighted by molar-refractivity contribution is -0.116. The number of benzene rings is 2. The molecule has 0 saturated heterocycles. The first-order chi connectivity index (χ1) is 16.6. The monoisotopic (exact) mass is 511 g/mol. The predicted octanol–water partition coefficient (Wildman–Crippen LogP) is 6.01. The molecule has 35 heavy (non-hydrogen) atoms. The first-order valence-corrected chi connectivity index (χ1v) is 14.4. The summed E-state index contributed by atoms with van der Waals surface area (Å²) in [5, 5.41) is 5.88. The van der Waals surface area contributed by atoms with Crippen molar-refractivity contribution in [3.05, 3.63) is 63.5 Å². The number of nitrogens with one attached hydrogen (secondary N) is 1. The maximum absolute atomic E-state index is 14.0.